The van der Waals surface area contributed by atoms with E-state index in [0.717, 1.165) is 39.4 Å². The molecule has 4 aromatic rings. The van der Waals surface area contributed by atoms with Crippen LogP contribution in [-0.2, 0) is 5.66 Å². The van der Waals surface area contributed by atoms with E-state index in [2.05, 4.69) is 89.5 Å². The number of benzene rings is 3. The maximum Gasteiger partial charge on any atom is 0.172 e. The highest BCUT2D eigenvalue weighted by Crippen LogP contribution is 2.40. The second-order valence-electron chi connectivity index (χ2n) is 9.13. The Morgan fingerprint density at radius 3 is 2.03 bits per heavy atom. The third kappa shape index (κ3) is 3.76. The number of para-hydroxylation sites is 2. The first-order chi connectivity index (χ1) is 16.3. The van der Waals surface area contributed by atoms with Crippen LogP contribution < -0.4 is 10.6 Å². The molecule has 2 aliphatic rings. The van der Waals surface area contributed by atoms with Crippen molar-refractivity contribution in [1.29, 1.82) is 0 Å². The Kier molecular flexibility index (Phi) is 5.06. The van der Waals surface area contributed by atoms with E-state index >= 15 is 0 Å². The van der Waals surface area contributed by atoms with Gasteiger partial charge in [-0.15, -0.1) is 0 Å². The number of hydrogen-bond acceptors (Lipinski definition) is 4. The molecule has 4 heteroatoms. The van der Waals surface area contributed by atoms with E-state index in [1.807, 2.05) is 12.1 Å². The summed E-state index contributed by atoms with van der Waals surface area (Å²) < 4.78 is 0. The van der Waals surface area contributed by atoms with Gasteiger partial charge in [0.25, 0.3) is 0 Å². The van der Waals surface area contributed by atoms with Crippen LogP contribution >= 0.6 is 0 Å². The maximum atomic E-state index is 5.31. The lowest BCUT2D eigenvalue weighted by molar-refractivity contribution is 0.427. The number of rotatable bonds is 5. The fraction of sp³-hybridized carbons (Fsp3) is 0.241. The first kappa shape index (κ1) is 20.0. The molecule has 2 aliphatic carbocycles. The highest BCUT2D eigenvalue weighted by molar-refractivity contribution is 5.94. The fourth-order valence-electron chi connectivity index (χ4n) is 5.22. The molecule has 0 saturated heterocycles. The molecule has 3 aromatic carbocycles. The zero-order valence-electron chi connectivity index (χ0n) is 18.7. The molecule has 0 atom stereocenters. The number of aromatic nitrogens is 2. The molecule has 1 fully saturated rings. The number of nitrogens with one attached hydrogen (secondary N) is 2. The molecular formula is C29H28N4. The van der Waals surface area contributed by atoms with Gasteiger partial charge in [0.15, 0.2) is 5.66 Å². The highest BCUT2D eigenvalue weighted by Gasteiger charge is 2.37. The number of nitrogens with zero attached hydrogens (tertiary/aromatic N) is 2. The summed E-state index contributed by atoms with van der Waals surface area (Å²) >= 11 is 0. The van der Waals surface area contributed by atoms with Gasteiger partial charge in [0.05, 0.1) is 5.52 Å². The monoisotopic (exact) mass is 432 g/mol. The molecule has 0 aliphatic heterocycles. The van der Waals surface area contributed by atoms with E-state index in [1.54, 1.807) is 0 Å². The van der Waals surface area contributed by atoms with Crippen LogP contribution in [0, 0.1) is 0 Å². The minimum atomic E-state index is -0.693. The normalized spacial score (nSPS) is 17.1. The smallest absolute Gasteiger partial charge is 0.172 e. The van der Waals surface area contributed by atoms with Crippen LogP contribution in [0.4, 0.5) is 11.4 Å². The summed E-state index contributed by atoms with van der Waals surface area (Å²) in [4.78, 5) is 10.4. The lowest BCUT2D eigenvalue weighted by Gasteiger charge is -2.38. The molecule has 2 N–H and O–H groups in total. The Labute approximate surface area is 194 Å². The van der Waals surface area contributed by atoms with E-state index in [4.69, 9.17) is 9.97 Å². The number of hydrogen-bond donors (Lipinski definition) is 2. The van der Waals surface area contributed by atoms with Crippen LogP contribution in [0.25, 0.3) is 17.0 Å². The largest absolute Gasteiger partial charge is 0.355 e. The third-order valence-corrected chi connectivity index (χ3v) is 6.86. The molecule has 0 spiro atoms. The van der Waals surface area contributed by atoms with Gasteiger partial charge in [0.2, 0.25) is 0 Å². The van der Waals surface area contributed by atoms with Crippen molar-refractivity contribution in [2.75, 3.05) is 10.6 Å². The molecular weight excluding hydrogens is 404 g/mol. The summed E-state index contributed by atoms with van der Waals surface area (Å²) in [6.45, 7) is 0. The van der Waals surface area contributed by atoms with Crippen LogP contribution in [0.1, 0.15) is 55.1 Å². The van der Waals surface area contributed by atoms with Crippen molar-refractivity contribution in [3.63, 3.8) is 0 Å². The van der Waals surface area contributed by atoms with Crippen LogP contribution in [0.3, 0.4) is 0 Å². The van der Waals surface area contributed by atoms with Crippen LogP contribution in [0.5, 0.6) is 0 Å². The minimum absolute atomic E-state index is 0.431. The van der Waals surface area contributed by atoms with Crippen molar-refractivity contribution >= 4 is 28.4 Å². The standard InChI is InChI=1S/C29H28N4/c1-4-11-22(12-5-1)28-30-25-18-10-13-21-19-20-29(27(31-28)26(21)25,32-23-14-6-2-7-15-23)33-24-16-8-3-9-17-24/h2-3,6-10,13-20,22,32-33H,1,4-5,11-12H2. The summed E-state index contributed by atoms with van der Waals surface area (Å²) in [7, 11) is 0. The van der Waals surface area contributed by atoms with Gasteiger partial charge in [-0.25, -0.2) is 9.97 Å². The summed E-state index contributed by atoms with van der Waals surface area (Å²) in [6, 6.07) is 27.1. The van der Waals surface area contributed by atoms with Gasteiger partial charge in [0, 0.05) is 22.7 Å². The van der Waals surface area contributed by atoms with Crippen LogP contribution in [0.2, 0.25) is 0 Å². The Morgan fingerprint density at radius 1 is 0.697 bits per heavy atom. The Balaban J connectivity index is 1.56. The average Bonchev–Trinajstić information content (AvgIpc) is 2.88. The zero-order chi connectivity index (χ0) is 22.1. The molecule has 0 unspecified atom stereocenters. The van der Waals surface area contributed by atoms with Gasteiger partial charge in [-0.1, -0.05) is 73.9 Å². The molecule has 0 amide bonds. The Hall–Kier alpha value is -3.66. The molecule has 6 rings (SSSR count). The summed E-state index contributed by atoms with van der Waals surface area (Å²) in [5.74, 6) is 1.42. The topological polar surface area (TPSA) is 49.8 Å². The predicted molar refractivity (Wildman–Crippen MR) is 136 cm³/mol. The van der Waals surface area contributed by atoms with Crippen LogP contribution in [0.15, 0.2) is 84.9 Å². The molecule has 33 heavy (non-hydrogen) atoms. The quantitative estimate of drug-likeness (QED) is 0.331. The lowest BCUT2D eigenvalue weighted by Crippen LogP contribution is -2.43. The average molecular weight is 433 g/mol. The van der Waals surface area contributed by atoms with E-state index in [9.17, 15) is 0 Å². The molecule has 0 radical (unpaired) electrons. The van der Waals surface area contributed by atoms with Crippen molar-refractivity contribution < 1.29 is 0 Å². The molecule has 1 aromatic heterocycles. The van der Waals surface area contributed by atoms with E-state index < -0.39 is 5.66 Å². The fourth-order valence-corrected chi connectivity index (χ4v) is 5.22. The van der Waals surface area contributed by atoms with Crippen molar-refractivity contribution in [1.82, 2.24) is 9.97 Å². The molecule has 4 nitrogen and oxygen atoms in total. The van der Waals surface area contributed by atoms with Gasteiger partial charge < -0.3 is 10.6 Å². The lowest BCUT2D eigenvalue weighted by atomic mass is 9.87. The summed E-state index contributed by atoms with van der Waals surface area (Å²) in [5, 5.41) is 8.69. The minimum Gasteiger partial charge on any atom is -0.355 e. The first-order valence-corrected chi connectivity index (χ1v) is 12.0. The SMILES string of the molecule is C1=CC(Nc2ccccc2)(Nc2ccccc2)c2nc(C3CCCCC3)nc3cccc1c23. The molecule has 1 saturated carbocycles. The number of anilines is 2. The second kappa shape index (κ2) is 8.36. The molecule has 1 heterocycles. The van der Waals surface area contributed by atoms with Gasteiger partial charge in [0.1, 0.15) is 11.5 Å². The summed E-state index contributed by atoms with van der Waals surface area (Å²) in [5.41, 5.74) is 4.57. The van der Waals surface area contributed by atoms with Gasteiger partial charge >= 0.3 is 0 Å². The molecule has 0 bridgehead atoms. The van der Waals surface area contributed by atoms with Crippen LogP contribution in [-0.4, -0.2) is 9.97 Å². The van der Waals surface area contributed by atoms with Crippen molar-refractivity contribution in [3.05, 3.63) is 102 Å². The second-order valence-corrected chi connectivity index (χ2v) is 9.13. The van der Waals surface area contributed by atoms with Crippen molar-refractivity contribution in [2.24, 2.45) is 0 Å². The van der Waals surface area contributed by atoms with E-state index in [-0.39, 0.29) is 0 Å². The third-order valence-electron chi connectivity index (χ3n) is 6.86. The molecule has 164 valence electrons. The predicted octanol–water partition coefficient (Wildman–Crippen LogP) is 7.08. The van der Waals surface area contributed by atoms with E-state index in [1.165, 1.54) is 32.1 Å². The van der Waals surface area contributed by atoms with Crippen molar-refractivity contribution in [2.45, 2.75) is 43.7 Å². The van der Waals surface area contributed by atoms with Gasteiger partial charge in [-0.05, 0) is 54.8 Å². The Bertz CT molecular complexity index is 1250. The Morgan fingerprint density at radius 2 is 1.36 bits per heavy atom. The van der Waals surface area contributed by atoms with Gasteiger partial charge in [-0.3, -0.25) is 0 Å². The van der Waals surface area contributed by atoms with Crippen molar-refractivity contribution in [3.8, 4) is 0 Å². The maximum absolute atomic E-state index is 5.31. The van der Waals surface area contributed by atoms with E-state index in [0.29, 0.717) is 5.92 Å². The first-order valence-electron chi connectivity index (χ1n) is 12.0. The highest BCUT2D eigenvalue weighted by atomic mass is 15.2. The zero-order valence-corrected chi connectivity index (χ0v) is 18.7. The van der Waals surface area contributed by atoms with Gasteiger partial charge in [-0.2, -0.15) is 0 Å². The summed E-state index contributed by atoms with van der Waals surface area (Å²) in [6.07, 6.45) is 10.6.